The Labute approximate surface area is 401 Å². The molecule has 0 fully saturated rings. The molecule has 0 amide bonds. The van der Waals surface area contributed by atoms with E-state index in [2.05, 4.69) is 52.6 Å². The lowest BCUT2D eigenvalue weighted by molar-refractivity contribution is -0.135. The summed E-state index contributed by atoms with van der Waals surface area (Å²) in [6.45, 7) is 29.8. The van der Waals surface area contributed by atoms with Crippen molar-refractivity contribution in [2.75, 3.05) is 0 Å². The zero-order chi connectivity index (χ0) is 49.5. The van der Waals surface area contributed by atoms with Crippen molar-refractivity contribution in [2.24, 2.45) is 0 Å². The fourth-order valence-electron chi connectivity index (χ4n) is 4.19. The third kappa shape index (κ3) is 18.6. The largest absolute Gasteiger partial charge is 0.427 e. The molecule has 5 aromatic rings. The molecule has 0 aromatic carbocycles. The van der Waals surface area contributed by atoms with Crippen LogP contribution in [0.1, 0.15) is 153 Å². The highest BCUT2D eigenvalue weighted by atomic mass is 35.5. The second-order valence-electron chi connectivity index (χ2n) is 18.8. The van der Waals surface area contributed by atoms with E-state index in [4.69, 9.17) is 50.6 Å². The first-order chi connectivity index (χ1) is 28.2. The number of hydrogen-bond acceptors (Lipinski definition) is 9. The van der Waals surface area contributed by atoms with Crippen molar-refractivity contribution < 1.29 is 30.7 Å². The average Bonchev–Trinajstić information content (AvgIpc) is 3.94. The molecule has 0 saturated carbocycles. The summed E-state index contributed by atoms with van der Waals surface area (Å²) in [5, 5.41) is 26.7. The highest BCUT2D eigenvalue weighted by molar-refractivity contribution is 7.16. The lowest BCUT2D eigenvalue weighted by atomic mass is 9.94. The molecule has 0 aliphatic rings. The third-order valence-electron chi connectivity index (χ3n) is 7.78. The average molecular weight is 1030 g/mol. The van der Waals surface area contributed by atoms with Gasteiger partial charge in [0.15, 0.2) is 10.8 Å². The van der Waals surface area contributed by atoms with Gasteiger partial charge in [0.1, 0.15) is 37.2 Å². The topological polar surface area (TPSA) is 84.3 Å². The summed E-state index contributed by atoms with van der Waals surface area (Å²) >= 11 is 22.6. The molecule has 5 aromatic heterocycles. The van der Waals surface area contributed by atoms with Crippen LogP contribution in [0, 0.1) is 39.8 Å². The Morgan fingerprint density at radius 1 is 0.476 bits per heavy atom. The van der Waals surface area contributed by atoms with Crippen LogP contribution in [-0.2, 0) is 39.4 Å². The minimum absolute atomic E-state index is 0.00134. The normalized spacial score (nSPS) is 12.2. The first kappa shape index (κ1) is 58.3. The summed E-state index contributed by atoms with van der Waals surface area (Å²) in [5.74, 6) is -0.304. The molecule has 4 nitrogen and oxygen atoms in total. The number of alkyl halides is 6. The second kappa shape index (κ2) is 22.2. The molecular weight excluding hydrogens is 984 g/mol. The van der Waals surface area contributed by atoms with Crippen LogP contribution in [0.5, 0.6) is 0 Å². The van der Waals surface area contributed by atoms with Gasteiger partial charge in [0.2, 0.25) is 0 Å². The molecule has 5 rings (SSSR count). The van der Waals surface area contributed by atoms with Crippen LogP contribution in [0.4, 0.5) is 30.7 Å². The Kier molecular flexibility index (Phi) is 20.5. The Morgan fingerprint density at radius 2 is 0.873 bits per heavy atom. The van der Waals surface area contributed by atoms with Gasteiger partial charge in [-0.15, -0.1) is 56.7 Å². The summed E-state index contributed by atoms with van der Waals surface area (Å²) < 4.78 is 87.6. The maximum absolute atomic E-state index is 12.7. The lowest BCUT2D eigenvalue weighted by Gasteiger charge is -2.15. The minimum Gasteiger partial charge on any atom is -0.234 e. The molecule has 0 atom stereocenters. The summed E-state index contributed by atoms with van der Waals surface area (Å²) in [6, 6.07) is 11.8. The van der Waals surface area contributed by atoms with Gasteiger partial charge in [-0.1, -0.05) is 139 Å². The number of rotatable bonds is 0. The molecule has 0 aliphatic carbocycles. The maximum atomic E-state index is 12.7. The first-order valence-corrected chi connectivity index (χ1v) is 23.9. The summed E-state index contributed by atoms with van der Waals surface area (Å²) in [4.78, 5) is 7.60. The number of nitriles is 3. The van der Waals surface area contributed by atoms with Gasteiger partial charge in [-0.05, 0) is 51.3 Å². The Bertz CT molecular complexity index is 2380. The molecule has 0 aliphatic heterocycles. The van der Waals surface area contributed by atoms with Crippen molar-refractivity contribution in [3.05, 3.63) is 100 Å². The zero-order valence-electron chi connectivity index (χ0n) is 37.5. The molecule has 0 saturated heterocycles. The van der Waals surface area contributed by atoms with Gasteiger partial charge in [-0.25, -0.2) is 9.37 Å². The number of halogens is 10. The number of thiophene rings is 4. The minimum atomic E-state index is -4.43. The quantitative estimate of drug-likeness (QED) is 0.145. The number of hydrogen-bond donors (Lipinski definition) is 0. The molecule has 0 N–H and O–H groups in total. The van der Waals surface area contributed by atoms with Crippen LogP contribution in [0.15, 0.2) is 30.5 Å². The van der Waals surface area contributed by atoms with Crippen molar-refractivity contribution in [3.63, 3.8) is 0 Å². The SMILES string of the molecule is CC(C)(C)c1cc(C#N)c(C(F)(F)F)s1.CC(C)(C)c1cc(Cl)c(C#N)s1.CC(C)(C)c1cc(Cl)c(C(F)(F)F)s1.CC(C)(C)c1cc(F)c(Cl)s1.CC(C)(C)c1cnc(C#N)s1. The van der Waals surface area contributed by atoms with E-state index < -0.39 is 22.1 Å². The van der Waals surface area contributed by atoms with Crippen LogP contribution >= 0.6 is 91.5 Å². The Balaban J connectivity index is 0.000000396. The van der Waals surface area contributed by atoms with Gasteiger partial charge in [0.25, 0.3) is 0 Å². The Morgan fingerprint density at radius 3 is 1.11 bits per heavy atom. The number of thiazole rings is 1. The van der Waals surface area contributed by atoms with E-state index in [0.29, 0.717) is 47.3 Å². The van der Waals surface area contributed by atoms with E-state index in [1.165, 1.54) is 52.2 Å². The molecule has 0 spiro atoms. The van der Waals surface area contributed by atoms with Gasteiger partial charge in [-0.3, -0.25) is 0 Å². The smallest absolute Gasteiger partial charge is 0.234 e. The van der Waals surface area contributed by atoms with Crippen molar-refractivity contribution in [2.45, 2.75) is 143 Å². The van der Waals surface area contributed by atoms with Crippen molar-refractivity contribution in [1.82, 2.24) is 4.98 Å². The van der Waals surface area contributed by atoms with Crippen molar-refractivity contribution in [3.8, 4) is 18.2 Å². The van der Waals surface area contributed by atoms with Crippen LogP contribution in [0.25, 0.3) is 0 Å². The Hall–Kier alpha value is -2.72. The third-order valence-corrected chi connectivity index (χ3v) is 16.3. The van der Waals surface area contributed by atoms with Gasteiger partial charge in [-0.2, -0.15) is 42.1 Å². The molecule has 346 valence electrons. The molecular formula is C44H50Cl3F7N4S5. The van der Waals surface area contributed by atoms with Crippen LogP contribution in [-0.4, -0.2) is 4.98 Å². The van der Waals surface area contributed by atoms with E-state index in [9.17, 15) is 30.7 Å². The maximum Gasteiger partial charge on any atom is 0.427 e. The molecule has 0 bridgehead atoms. The van der Waals surface area contributed by atoms with E-state index >= 15 is 0 Å². The van der Waals surface area contributed by atoms with Crippen LogP contribution in [0.3, 0.4) is 0 Å². The fraction of sp³-hybridized carbons (Fsp3) is 0.500. The van der Waals surface area contributed by atoms with Crippen LogP contribution < -0.4 is 0 Å². The second-order valence-corrected chi connectivity index (χ2v) is 25.4. The van der Waals surface area contributed by atoms with Crippen molar-refractivity contribution >= 4 is 91.5 Å². The molecule has 0 radical (unpaired) electrons. The number of nitrogens with zero attached hydrogens (tertiary/aromatic N) is 4. The van der Waals surface area contributed by atoms with E-state index in [1.807, 2.05) is 74.4 Å². The molecule has 63 heavy (non-hydrogen) atoms. The molecule has 5 heterocycles. The predicted molar refractivity (Wildman–Crippen MR) is 252 cm³/mol. The first-order valence-electron chi connectivity index (χ1n) is 18.7. The highest BCUT2D eigenvalue weighted by Crippen LogP contribution is 2.44. The molecule has 0 unspecified atom stereocenters. The highest BCUT2D eigenvalue weighted by Gasteiger charge is 2.38. The summed E-state index contributed by atoms with van der Waals surface area (Å²) in [7, 11) is 0. The van der Waals surface area contributed by atoms with Gasteiger partial charge in [0, 0.05) is 30.6 Å². The monoisotopic (exact) mass is 1030 g/mol. The van der Waals surface area contributed by atoms with Gasteiger partial charge >= 0.3 is 12.4 Å². The summed E-state index contributed by atoms with van der Waals surface area (Å²) in [5.41, 5.74) is -0.732. The number of aromatic nitrogens is 1. The van der Waals surface area contributed by atoms with Crippen LogP contribution in [0.2, 0.25) is 14.4 Å². The van der Waals surface area contributed by atoms with Gasteiger partial charge in [0.05, 0.1) is 15.6 Å². The fourth-order valence-corrected chi connectivity index (χ4v) is 9.72. The summed E-state index contributed by atoms with van der Waals surface area (Å²) in [6.07, 6.45) is -6.99. The lowest BCUT2D eigenvalue weighted by Crippen LogP contribution is -2.08. The standard InChI is InChI=1S/C10H10F3NS.C9H10ClF3S.C9H10ClNS.C8H10ClFS.C8H10N2S/c1-9(2,3)7-4-6(5-14)8(15-7)10(11,12)13;1-8(2,3)6-4-5(10)7(14-6)9(11,12)13;1-9(2,3)8-4-6(10)7(5-11)12-8;1-8(2,3)6-4-5(10)7(9)11-6;1-8(2,3)6-5-10-7(4-9)11-6/h4H,1-3H3;4H,1-3H3;4H,1-3H3;4H,1-3H3;5H,1-3H3. The predicted octanol–water partition coefficient (Wildman–Crippen LogP) is 18.4. The van der Waals surface area contributed by atoms with E-state index in [0.717, 1.165) is 14.6 Å². The molecule has 19 heteroatoms. The van der Waals surface area contributed by atoms with Gasteiger partial charge < -0.3 is 0 Å². The zero-order valence-corrected chi connectivity index (χ0v) is 43.8. The van der Waals surface area contributed by atoms with E-state index in [-0.39, 0.29) is 47.8 Å². The van der Waals surface area contributed by atoms with Crippen molar-refractivity contribution in [1.29, 1.82) is 15.8 Å². The van der Waals surface area contributed by atoms with E-state index in [1.54, 1.807) is 12.3 Å².